The molecule has 0 fully saturated rings. The first-order chi connectivity index (χ1) is 24.7. The van der Waals surface area contributed by atoms with E-state index in [1.807, 2.05) is 6.07 Å². The third-order valence-electron chi connectivity index (χ3n) is 9.87. The molecular weight excluding hydrogens is 633 g/mol. The number of benzene rings is 8. The van der Waals surface area contributed by atoms with Crippen LogP contribution in [0.5, 0.6) is 0 Å². The molecule has 50 heavy (non-hydrogen) atoms. The zero-order valence-corrected chi connectivity index (χ0v) is 27.4. The number of thiazole rings is 1. The average Bonchev–Trinajstić information content (AvgIpc) is 3.88. The topological polar surface area (TPSA) is 42.4 Å². The van der Waals surface area contributed by atoms with E-state index >= 15 is 0 Å². The fourth-order valence-corrected chi connectivity index (χ4v) is 8.51. The minimum Gasteiger partial charge on any atom is -0.456 e. The van der Waals surface area contributed by atoms with Gasteiger partial charge in [0.05, 0.1) is 10.2 Å². The molecule has 8 aromatic carbocycles. The maximum atomic E-state index is 6.53. The van der Waals surface area contributed by atoms with Gasteiger partial charge < -0.3 is 13.7 Å². The number of hydrogen-bond donors (Lipinski definition) is 0. The van der Waals surface area contributed by atoms with Gasteiger partial charge in [-0.15, -0.1) is 11.3 Å². The molecule has 3 heterocycles. The van der Waals surface area contributed by atoms with E-state index < -0.39 is 0 Å². The van der Waals surface area contributed by atoms with Crippen LogP contribution in [0.15, 0.2) is 167 Å². The molecule has 0 unspecified atom stereocenters. The van der Waals surface area contributed by atoms with Crippen LogP contribution in [-0.2, 0) is 0 Å². The smallest absolute Gasteiger partial charge is 0.137 e. The highest BCUT2D eigenvalue weighted by atomic mass is 32.1. The van der Waals surface area contributed by atoms with Crippen molar-refractivity contribution in [3.63, 3.8) is 0 Å². The maximum absolute atomic E-state index is 6.53. The molecule has 4 nitrogen and oxygen atoms in total. The zero-order valence-electron chi connectivity index (χ0n) is 26.6. The first-order valence-corrected chi connectivity index (χ1v) is 17.5. The molecule has 0 atom stereocenters. The van der Waals surface area contributed by atoms with Crippen molar-refractivity contribution in [1.29, 1.82) is 0 Å². The molecule has 0 saturated heterocycles. The van der Waals surface area contributed by atoms with Crippen LogP contribution in [0.1, 0.15) is 0 Å². The molecule has 11 aromatic rings. The van der Waals surface area contributed by atoms with E-state index in [0.717, 1.165) is 77.0 Å². The van der Waals surface area contributed by atoms with Crippen molar-refractivity contribution >= 4 is 104 Å². The summed E-state index contributed by atoms with van der Waals surface area (Å²) >= 11 is 1.72. The van der Waals surface area contributed by atoms with Crippen LogP contribution in [-0.4, -0.2) is 4.98 Å². The van der Waals surface area contributed by atoms with E-state index in [9.17, 15) is 0 Å². The number of hydrogen-bond acceptors (Lipinski definition) is 5. The lowest BCUT2D eigenvalue weighted by atomic mass is 10.0. The first kappa shape index (κ1) is 27.5. The van der Waals surface area contributed by atoms with Gasteiger partial charge >= 0.3 is 0 Å². The lowest BCUT2D eigenvalue weighted by Gasteiger charge is -2.25. The third-order valence-corrected chi connectivity index (χ3v) is 11.0. The summed E-state index contributed by atoms with van der Waals surface area (Å²) in [5.41, 5.74) is 8.60. The summed E-state index contributed by atoms with van der Waals surface area (Å²) in [5, 5.41) is 10.3. The number of rotatable bonds is 4. The molecule has 11 rings (SSSR count). The van der Waals surface area contributed by atoms with Gasteiger partial charge in [-0.1, -0.05) is 72.8 Å². The summed E-state index contributed by atoms with van der Waals surface area (Å²) < 4.78 is 14.2. The number of furan rings is 2. The van der Waals surface area contributed by atoms with Crippen LogP contribution in [0.3, 0.4) is 0 Å². The van der Waals surface area contributed by atoms with Gasteiger partial charge in [0.1, 0.15) is 27.3 Å². The molecule has 0 bridgehead atoms. The highest BCUT2D eigenvalue weighted by Gasteiger charge is 2.19. The number of fused-ring (bicyclic) bond motifs is 11. The van der Waals surface area contributed by atoms with Gasteiger partial charge in [0.15, 0.2) is 0 Å². The van der Waals surface area contributed by atoms with E-state index in [1.54, 1.807) is 11.3 Å². The van der Waals surface area contributed by atoms with Crippen LogP contribution in [0.4, 0.5) is 17.1 Å². The summed E-state index contributed by atoms with van der Waals surface area (Å²) in [4.78, 5) is 7.18. The normalized spacial score (nSPS) is 12.0. The van der Waals surface area contributed by atoms with Crippen molar-refractivity contribution in [3.05, 3.63) is 158 Å². The van der Waals surface area contributed by atoms with E-state index in [-0.39, 0.29) is 0 Å². The van der Waals surface area contributed by atoms with Crippen molar-refractivity contribution in [2.45, 2.75) is 0 Å². The summed E-state index contributed by atoms with van der Waals surface area (Å²) in [6.07, 6.45) is 0. The Morgan fingerprint density at radius 3 is 1.58 bits per heavy atom. The minimum atomic E-state index is 0.848. The van der Waals surface area contributed by atoms with E-state index in [1.165, 1.54) is 26.2 Å². The van der Waals surface area contributed by atoms with E-state index in [2.05, 4.69) is 157 Å². The quantitative estimate of drug-likeness (QED) is 0.189. The van der Waals surface area contributed by atoms with Crippen molar-refractivity contribution in [3.8, 4) is 10.6 Å². The first-order valence-electron chi connectivity index (χ1n) is 16.7. The summed E-state index contributed by atoms with van der Waals surface area (Å²) in [6, 6.07) is 55.5. The second-order valence-electron chi connectivity index (χ2n) is 12.8. The second kappa shape index (κ2) is 10.5. The summed E-state index contributed by atoms with van der Waals surface area (Å²) in [5.74, 6) is 0. The monoisotopic (exact) mass is 658 g/mol. The number of aromatic nitrogens is 1. The summed E-state index contributed by atoms with van der Waals surface area (Å²) in [6.45, 7) is 0. The van der Waals surface area contributed by atoms with Gasteiger partial charge in [-0.3, -0.25) is 0 Å². The van der Waals surface area contributed by atoms with Gasteiger partial charge in [0, 0.05) is 56.3 Å². The Kier molecular flexibility index (Phi) is 5.80. The van der Waals surface area contributed by atoms with Crippen molar-refractivity contribution in [2.75, 3.05) is 4.90 Å². The fraction of sp³-hybridized carbons (Fsp3) is 0. The van der Waals surface area contributed by atoms with E-state index in [4.69, 9.17) is 13.8 Å². The predicted molar refractivity (Wildman–Crippen MR) is 209 cm³/mol. The Morgan fingerprint density at radius 2 is 0.980 bits per heavy atom. The third kappa shape index (κ3) is 4.14. The van der Waals surface area contributed by atoms with Crippen LogP contribution in [0.25, 0.3) is 86.2 Å². The molecule has 0 saturated carbocycles. The zero-order chi connectivity index (χ0) is 32.8. The highest BCUT2D eigenvalue weighted by molar-refractivity contribution is 7.21. The average molecular weight is 659 g/mol. The van der Waals surface area contributed by atoms with Crippen LogP contribution < -0.4 is 4.90 Å². The second-order valence-corrected chi connectivity index (χ2v) is 13.8. The minimum absolute atomic E-state index is 0.848. The molecule has 0 aliphatic rings. The Balaban J connectivity index is 1.09. The van der Waals surface area contributed by atoms with Crippen molar-refractivity contribution in [2.24, 2.45) is 0 Å². The largest absolute Gasteiger partial charge is 0.456 e. The fourth-order valence-electron chi connectivity index (χ4n) is 7.54. The lowest BCUT2D eigenvalue weighted by molar-refractivity contribution is 0.669. The molecule has 0 radical (unpaired) electrons. The number of anilines is 3. The summed E-state index contributed by atoms with van der Waals surface area (Å²) in [7, 11) is 0. The van der Waals surface area contributed by atoms with Gasteiger partial charge in [-0.25, -0.2) is 4.98 Å². The van der Waals surface area contributed by atoms with Gasteiger partial charge in [-0.2, -0.15) is 0 Å². The van der Waals surface area contributed by atoms with Crippen LogP contribution in [0, 0.1) is 0 Å². The highest BCUT2D eigenvalue weighted by Crippen LogP contribution is 2.43. The van der Waals surface area contributed by atoms with E-state index in [0.29, 0.717) is 0 Å². The van der Waals surface area contributed by atoms with Crippen molar-refractivity contribution < 1.29 is 8.83 Å². The predicted octanol–water partition coefficient (Wildman–Crippen LogP) is 13.5. The molecule has 0 aliphatic carbocycles. The van der Waals surface area contributed by atoms with Gasteiger partial charge in [0.2, 0.25) is 0 Å². The SMILES string of the molecule is c1ccc2c(c1)ccc1oc3cc(N(c4ccc(-c5nc6ccccc6s5)cc4)c4ccc5c(c4)oc4ccc6ccccc6c45)ccc3c12. The molecule has 5 heteroatoms. The molecule has 3 aromatic heterocycles. The Hall–Kier alpha value is -6.43. The molecule has 0 amide bonds. The standard InChI is InChI=1S/C45H26N2O2S/c1-3-9-33-27(7-1)15-23-38-43(33)35-21-19-31(25-40(35)48-38)47(30-17-13-29(14-18-30)45-46-37-11-5-6-12-42(37)50-45)32-20-22-36-41(26-32)49-39-24-16-28-8-2-4-10-34(28)44(36)39/h1-26H. The molecule has 0 aliphatic heterocycles. The Morgan fingerprint density at radius 1 is 0.440 bits per heavy atom. The maximum Gasteiger partial charge on any atom is 0.137 e. The van der Waals surface area contributed by atoms with Gasteiger partial charge in [-0.05, 0) is 94.3 Å². The molecule has 0 spiro atoms. The molecule has 0 N–H and O–H groups in total. The number of nitrogens with zero attached hydrogens (tertiary/aromatic N) is 2. The van der Waals surface area contributed by atoms with Crippen molar-refractivity contribution in [1.82, 2.24) is 4.98 Å². The molecular formula is C45H26N2O2S. The Bertz CT molecular complexity index is 2930. The Labute approximate surface area is 290 Å². The van der Waals surface area contributed by atoms with Crippen LogP contribution in [0.2, 0.25) is 0 Å². The molecule has 234 valence electrons. The van der Waals surface area contributed by atoms with Gasteiger partial charge in [0.25, 0.3) is 0 Å². The number of para-hydroxylation sites is 1. The lowest BCUT2D eigenvalue weighted by Crippen LogP contribution is -2.09. The van der Waals surface area contributed by atoms with Crippen LogP contribution >= 0.6 is 11.3 Å².